The Morgan fingerprint density at radius 2 is 1.96 bits per heavy atom. The molecule has 0 aliphatic heterocycles. The Morgan fingerprint density at radius 3 is 2.57 bits per heavy atom. The minimum Gasteiger partial charge on any atom is -0.360 e. The number of para-hydroxylation sites is 1. The Balaban J connectivity index is 1.73. The van der Waals surface area contributed by atoms with Crippen LogP contribution in [-0.2, 0) is 9.59 Å². The molecule has 0 radical (unpaired) electrons. The average molecular weight is 310 g/mol. The maximum Gasteiger partial charge on any atom is 0.241 e. The van der Waals surface area contributed by atoms with Gasteiger partial charge in [0.25, 0.3) is 0 Å². The van der Waals surface area contributed by atoms with Gasteiger partial charge in [-0.05, 0) is 31.9 Å². The van der Waals surface area contributed by atoms with Crippen molar-refractivity contribution >= 4 is 23.3 Å². The highest BCUT2D eigenvalue weighted by Gasteiger charge is 2.56. The summed E-state index contributed by atoms with van der Waals surface area (Å²) in [5.74, 6) is 0.0113. The predicted molar refractivity (Wildman–Crippen MR) is 81.3 cm³/mol. The Hall–Kier alpha value is -3.14. The summed E-state index contributed by atoms with van der Waals surface area (Å²) in [6, 6.07) is 10.2. The van der Waals surface area contributed by atoms with Crippen molar-refractivity contribution < 1.29 is 14.1 Å². The first-order chi connectivity index (χ1) is 11.0. The quantitative estimate of drug-likeness (QED) is 0.842. The van der Waals surface area contributed by atoms with E-state index in [0.717, 1.165) is 0 Å². The number of hydrogen-bond donors (Lipinski definition) is 2. The van der Waals surface area contributed by atoms with E-state index in [0.29, 0.717) is 29.9 Å². The summed E-state index contributed by atoms with van der Waals surface area (Å²) in [5.41, 5.74) is -0.365. The fourth-order valence-electron chi connectivity index (χ4n) is 2.28. The van der Waals surface area contributed by atoms with Gasteiger partial charge in [0.15, 0.2) is 5.82 Å². The molecule has 1 aliphatic carbocycles. The topological polar surface area (TPSA) is 108 Å². The zero-order valence-electron chi connectivity index (χ0n) is 12.4. The highest BCUT2D eigenvalue weighted by Crippen LogP contribution is 2.47. The molecule has 1 fully saturated rings. The summed E-state index contributed by atoms with van der Waals surface area (Å²) in [4.78, 5) is 24.8. The van der Waals surface area contributed by atoms with E-state index in [1.807, 2.05) is 6.07 Å². The molecule has 2 aromatic rings. The van der Waals surface area contributed by atoms with Crippen molar-refractivity contribution in [1.29, 1.82) is 5.26 Å². The van der Waals surface area contributed by atoms with E-state index in [2.05, 4.69) is 15.8 Å². The van der Waals surface area contributed by atoms with Gasteiger partial charge in [0.1, 0.15) is 17.2 Å². The number of amides is 2. The molecular formula is C16H14N4O3. The van der Waals surface area contributed by atoms with Crippen LogP contribution >= 0.6 is 0 Å². The monoisotopic (exact) mass is 310 g/mol. The SMILES string of the molecule is Cc1cc(NC(=O)C2(C(=O)Nc3ccccc3C#N)CC2)no1. The van der Waals surface area contributed by atoms with Gasteiger partial charge in [-0.3, -0.25) is 9.59 Å². The predicted octanol–water partition coefficient (Wildman–Crippen LogP) is 2.21. The summed E-state index contributed by atoms with van der Waals surface area (Å²) in [5, 5.41) is 18.0. The van der Waals surface area contributed by atoms with Crippen molar-refractivity contribution in [3.8, 4) is 6.07 Å². The van der Waals surface area contributed by atoms with Gasteiger partial charge in [0.2, 0.25) is 11.8 Å². The second kappa shape index (κ2) is 5.57. The zero-order valence-corrected chi connectivity index (χ0v) is 12.4. The van der Waals surface area contributed by atoms with Crippen LogP contribution in [0.3, 0.4) is 0 Å². The number of anilines is 2. The second-order valence-corrected chi connectivity index (χ2v) is 5.47. The van der Waals surface area contributed by atoms with E-state index in [-0.39, 0.29) is 5.82 Å². The number of aromatic nitrogens is 1. The molecule has 1 aliphatic rings. The van der Waals surface area contributed by atoms with Gasteiger partial charge in [-0.1, -0.05) is 17.3 Å². The number of nitriles is 1. The van der Waals surface area contributed by atoms with Gasteiger partial charge >= 0.3 is 0 Å². The molecule has 0 atom stereocenters. The van der Waals surface area contributed by atoms with Crippen LogP contribution in [0.15, 0.2) is 34.9 Å². The standard InChI is InChI=1S/C16H14N4O3/c1-10-8-13(20-23-10)19-15(22)16(6-7-16)14(21)18-12-5-3-2-4-11(12)9-17/h2-5,8H,6-7H2,1H3,(H,18,21)(H,19,20,22). The smallest absolute Gasteiger partial charge is 0.241 e. The number of nitrogens with one attached hydrogen (secondary N) is 2. The Kier molecular flexibility index (Phi) is 3.58. The van der Waals surface area contributed by atoms with Gasteiger partial charge < -0.3 is 15.2 Å². The van der Waals surface area contributed by atoms with Crippen LogP contribution in [0.25, 0.3) is 0 Å². The molecule has 7 heteroatoms. The van der Waals surface area contributed by atoms with Gasteiger partial charge in [0, 0.05) is 6.07 Å². The number of carbonyl (C=O) groups excluding carboxylic acids is 2. The van der Waals surface area contributed by atoms with Gasteiger partial charge in [-0.15, -0.1) is 0 Å². The molecule has 1 heterocycles. The lowest BCUT2D eigenvalue weighted by Gasteiger charge is -2.14. The lowest BCUT2D eigenvalue weighted by molar-refractivity contribution is -0.131. The lowest BCUT2D eigenvalue weighted by Crippen LogP contribution is -2.35. The highest BCUT2D eigenvalue weighted by molar-refractivity contribution is 6.16. The number of aryl methyl sites for hydroxylation is 1. The molecule has 3 rings (SSSR count). The number of hydrogen-bond acceptors (Lipinski definition) is 5. The third-order valence-electron chi connectivity index (χ3n) is 3.78. The number of benzene rings is 1. The van der Waals surface area contributed by atoms with Crippen LogP contribution in [-0.4, -0.2) is 17.0 Å². The minimum absolute atomic E-state index is 0.281. The first-order valence-corrected chi connectivity index (χ1v) is 7.10. The summed E-state index contributed by atoms with van der Waals surface area (Å²) < 4.78 is 4.88. The molecule has 1 aromatic heterocycles. The third-order valence-corrected chi connectivity index (χ3v) is 3.78. The Bertz CT molecular complexity index is 815. The molecule has 0 unspecified atom stereocenters. The molecule has 23 heavy (non-hydrogen) atoms. The van der Waals surface area contributed by atoms with E-state index >= 15 is 0 Å². The largest absolute Gasteiger partial charge is 0.360 e. The average Bonchev–Trinajstić information content (AvgIpc) is 3.27. The van der Waals surface area contributed by atoms with Crippen molar-refractivity contribution in [2.75, 3.05) is 10.6 Å². The van der Waals surface area contributed by atoms with Gasteiger partial charge in [-0.2, -0.15) is 5.26 Å². The van der Waals surface area contributed by atoms with Crippen molar-refractivity contribution in [2.45, 2.75) is 19.8 Å². The molecule has 7 nitrogen and oxygen atoms in total. The summed E-state index contributed by atoms with van der Waals surface area (Å²) in [6.07, 6.45) is 0.909. The molecular weight excluding hydrogens is 296 g/mol. The maximum absolute atomic E-state index is 12.5. The first kappa shape index (κ1) is 14.8. The molecule has 1 aromatic carbocycles. The maximum atomic E-state index is 12.5. The second-order valence-electron chi connectivity index (χ2n) is 5.47. The van der Waals surface area contributed by atoms with E-state index < -0.39 is 17.2 Å². The van der Waals surface area contributed by atoms with E-state index in [4.69, 9.17) is 9.78 Å². The van der Waals surface area contributed by atoms with Crippen molar-refractivity contribution in [3.05, 3.63) is 41.7 Å². The molecule has 116 valence electrons. The van der Waals surface area contributed by atoms with Crippen LogP contribution in [0, 0.1) is 23.7 Å². The first-order valence-electron chi connectivity index (χ1n) is 7.10. The van der Waals surface area contributed by atoms with Crippen LogP contribution in [0.5, 0.6) is 0 Å². The fraction of sp³-hybridized carbons (Fsp3) is 0.250. The van der Waals surface area contributed by atoms with Gasteiger partial charge in [-0.25, -0.2) is 0 Å². The minimum atomic E-state index is -1.12. The molecule has 2 amide bonds. The summed E-state index contributed by atoms with van der Waals surface area (Å²) >= 11 is 0. The number of carbonyl (C=O) groups is 2. The molecule has 0 saturated heterocycles. The normalized spacial score (nSPS) is 14.6. The highest BCUT2D eigenvalue weighted by atomic mass is 16.5. The number of nitrogens with zero attached hydrogens (tertiary/aromatic N) is 2. The van der Waals surface area contributed by atoms with Gasteiger partial charge in [0.05, 0.1) is 11.3 Å². The number of rotatable bonds is 4. The lowest BCUT2D eigenvalue weighted by atomic mass is 10.0. The van der Waals surface area contributed by atoms with Crippen LogP contribution in [0.2, 0.25) is 0 Å². The molecule has 0 spiro atoms. The van der Waals surface area contributed by atoms with Crippen LogP contribution < -0.4 is 10.6 Å². The van der Waals surface area contributed by atoms with Crippen LogP contribution in [0.1, 0.15) is 24.2 Å². The fourth-order valence-corrected chi connectivity index (χ4v) is 2.28. The van der Waals surface area contributed by atoms with E-state index in [1.165, 1.54) is 0 Å². The third kappa shape index (κ3) is 2.79. The summed E-state index contributed by atoms with van der Waals surface area (Å²) in [7, 11) is 0. The molecule has 1 saturated carbocycles. The Labute approximate surface area is 132 Å². The van der Waals surface area contributed by atoms with E-state index in [9.17, 15) is 9.59 Å². The molecule has 0 bridgehead atoms. The van der Waals surface area contributed by atoms with Crippen molar-refractivity contribution in [1.82, 2.24) is 5.16 Å². The Morgan fingerprint density at radius 1 is 1.26 bits per heavy atom. The van der Waals surface area contributed by atoms with Crippen molar-refractivity contribution in [2.24, 2.45) is 5.41 Å². The molecule has 2 N–H and O–H groups in total. The summed E-state index contributed by atoms with van der Waals surface area (Å²) in [6.45, 7) is 1.71. The van der Waals surface area contributed by atoms with Crippen LogP contribution in [0.4, 0.5) is 11.5 Å². The van der Waals surface area contributed by atoms with Crippen molar-refractivity contribution in [3.63, 3.8) is 0 Å². The zero-order chi connectivity index (χ0) is 16.4. The van der Waals surface area contributed by atoms with E-state index in [1.54, 1.807) is 37.3 Å².